The van der Waals surface area contributed by atoms with Crippen molar-refractivity contribution in [3.8, 4) is 0 Å². The average molecular weight is 318 g/mol. The first-order valence-corrected chi connectivity index (χ1v) is 9.60. The molecule has 0 N–H and O–H groups in total. The fourth-order valence-corrected chi connectivity index (χ4v) is 6.27. The summed E-state index contributed by atoms with van der Waals surface area (Å²) in [5.41, 5.74) is 1.50. The molecule has 6 atom stereocenters. The predicted octanol–water partition coefficient (Wildman–Crippen LogP) is 4.12. The maximum atomic E-state index is 11.7. The van der Waals surface area contributed by atoms with Crippen molar-refractivity contribution in [1.29, 1.82) is 0 Å². The van der Waals surface area contributed by atoms with E-state index in [0.29, 0.717) is 18.7 Å². The highest BCUT2D eigenvalue weighted by Crippen LogP contribution is 2.56. The highest BCUT2D eigenvalue weighted by atomic mass is 16.7. The maximum Gasteiger partial charge on any atom is 0.155 e. The van der Waals surface area contributed by atoms with Crippen LogP contribution >= 0.6 is 0 Å². The Hall–Kier alpha value is -0.670. The summed E-state index contributed by atoms with van der Waals surface area (Å²) < 4.78 is 10.9. The molecule has 3 nitrogen and oxygen atoms in total. The number of ketones is 1. The van der Waals surface area contributed by atoms with Crippen LogP contribution in [0.3, 0.4) is 0 Å². The lowest BCUT2D eigenvalue weighted by Crippen LogP contribution is -2.45. The first-order valence-electron chi connectivity index (χ1n) is 9.60. The second-order valence-electron chi connectivity index (χ2n) is 8.21. The van der Waals surface area contributed by atoms with Gasteiger partial charge in [0.05, 0.1) is 6.10 Å². The highest BCUT2D eigenvalue weighted by Gasteiger charge is 2.47. The topological polar surface area (TPSA) is 35.5 Å². The maximum absolute atomic E-state index is 11.7. The van der Waals surface area contributed by atoms with E-state index in [1.165, 1.54) is 50.5 Å². The van der Waals surface area contributed by atoms with Crippen molar-refractivity contribution in [3.05, 3.63) is 11.6 Å². The molecule has 4 aliphatic carbocycles. The lowest BCUT2D eigenvalue weighted by Gasteiger charge is -2.53. The normalized spacial score (nSPS) is 43.2. The van der Waals surface area contributed by atoms with Crippen molar-refractivity contribution in [3.63, 3.8) is 0 Å². The molecule has 0 aliphatic heterocycles. The molecule has 0 spiro atoms. The Morgan fingerprint density at radius 2 is 1.87 bits per heavy atom. The second kappa shape index (κ2) is 6.68. The van der Waals surface area contributed by atoms with E-state index in [9.17, 15) is 4.79 Å². The molecule has 23 heavy (non-hydrogen) atoms. The molecule has 0 amide bonds. The van der Waals surface area contributed by atoms with Crippen molar-refractivity contribution in [2.24, 2.45) is 29.6 Å². The van der Waals surface area contributed by atoms with Crippen LogP contribution in [0, 0.1) is 29.6 Å². The van der Waals surface area contributed by atoms with Crippen LogP contribution in [0.1, 0.15) is 57.8 Å². The zero-order valence-corrected chi connectivity index (χ0v) is 14.3. The zero-order chi connectivity index (χ0) is 15.8. The first kappa shape index (κ1) is 15.8. The summed E-state index contributed by atoms with van der Waals surface area (Å²) in [6.07, 6.45) is 13.4. The standard InChI is InChI=1S/C20H30O3/c1-22-12-23-16-5-9-18-14(11-16)3-7-19-17-8-4-15(21)10-13(17)2-6-20(18)19/h10,14,16-20H,2-9,11-12H2,1H3/t14-,16-,17-,18+,19+,20-/m1/s1. The summed E-state index contributed by atoms with van der Waals surface area (Å²) in [5, 5.41) is 0. The van der Waals surface area contributed by atoms with Crippen LogP contribution in [0.25, 0.3) is 0 Å². The minimum Gasteiger partial charge on any atom is -0.359 e. The Labute approximate surface area is 139 Å². The molecule has 0 aromatic carbocycles. The largest absolute Gasteiger partial charge is 0.359 e. The molecule has 0 saturated heterocycles. The monoisotopic (exact) mass is 318 g/mol. The van der Waals surface area contributed by atoms with Gasteiger partial charge in [-0.3, -0.25) is 4.79 Å². The summed E-state index contributed by atoms with van der Waals surface area (Å²) in [5.74, 6) is 4.65. The molecule has 0 bridgehead atoms. The van der Waals surface area contributed by atoms with Crippen LogP contribution in [-0.4, -0.2) is 25.8 Å². The minimum atomic E-state index is 0.374. The number of carbonyl (C=O) groups is 1. The van der Waals surface area contributed by atoms with Gasteiger partial charge in [-0.25, -0.2) is 0 Å². The Bertz CT molecular complexity index is 483. The van der Waals surface area contributed by atoms with Gasteiger partial charge in [0.1, 0.15) is 6.79 Å². The van der Waals surface area contributed by atoms with Crippen LogP contribution in [0.15, 0.2) is 11.6 Å². The van der Waals surface area contributed by atoms with Gasteiger partial charge in [-0.15, -0.1) is 0 Å². The molecule has 0 unspecified atom stereocenters. The zero-order valence-electron chi connectivity index (χ0n) is 14.3. The van der Waals surface area contributed by atoms with E-state index in [-0.39, 0.29) is 0 Å². The number of fused-ring (bicyclic) bond motifs is 5. The lowest BCUT2D eigenvalue weighted by atomic mass is 9.53. The van der Waals surface area contributed by atoms with Crippen molar-refractivity contribution in [2.75, 3.05) is 13.9 Å². The van der Waals surface area contributed by atoms with E-state index in [1.807, 2.05) is 6.08 Å². The fourth-order valence-electron chi connectivity index (χ4n) is 6.27. The Kier molecular flexibility index (Phi) is 4.60. The summed E-state index contributed by atoms with van der Waals surface area (Å²) in [6, 6.07) is 0. The van der Waals surface area contributed by atoms with Gasteiger partial charge >= 0.3 is 0 Å². The van der Waals surface area contributed by atoms with Gasteiger partial charge in [-0.2, -0.15) is 0 Å². The molecule has 3 fully saturated rings. The molecule has 0 aromatic rings. The molecule has 3 saturated carbocycles. The fraction of sp³-hybridized carbons (Fsp3) is 0.850. The number of hydrogen-bond donors (Lipinski definition) is 0. The summed E-state index contributed by atoms with van der Waals surface area (Å²) >= 11 is 0. The van der Waals surface area contributed by atoms with Gasteiger partial charge in [-0.1, -0.05) is 5.57 Å². The minimum absolute atomic E-state index is 0.374. The predicted molar refractivity (Wildman–Crippen MR) is 88.8 cm³/mol. The van der Waals surface area contributed by atoms with Crippen LogP contribution in [0.4, 0.5) is 0 Å². The smallest absolute Gasteiger partial charge is 0.155 e. The van der Waals surface area contributed by atoms with Crippen molar-refractivity contribution >= 4 is 5.78 Å². The van der Waals surface area contributed by atoms with Gasteiger partial charge in [0.25, 0.3) is 0 Å². The van der Waals surface area contributed by atoms with Crippen molar-refractivity contribution in [1.82, 2.24) is 0 Å². The van der Waals surface area contributed by atoms with E-state index in [4.69, 9.17) is 9.47 Å². The van der Waals surface area contributed by atoms with E-state index >= 15 is 0 Å². The third-order valence-electron chi connectivity index (χ3n) is 7.19. The average Bonchev–Trinajstić information content (AvgIpc) is 2.58. The number of methoxy groups -OCH3 is 1. The van der Waals surface area contributed by atoms with Gasteiger partial charge in [0.15, 0.2) is 5.78 Å². The quantitative estimate of drug-likeness (QED) is 0.734. The summed E-state index contributed by atoms with van der Waals surface area (Å²) in [7, 11) is 1.71. The van der Waals surface area contributed by atoms with E-state index < -0.39 is 0 Å². The number of ether oxygens (including phenoxy) is 2. The summed E-state index contributed by atoms with van der Waals surface area (Å²) in [6.45, 7) is 0.443. The SMILES string of the molecule is COCO[C@@H]1CC[C@H]2[C@H](CC[C@@H]3[C@@H]2CCC2=CC(=O)CC[C@H]23)C1. The van der Waals surface area contributed by atoms with Gasteiger partial charge in [0.2, 0.25) is 0 Å². The van der Waals surface area contributed by atoms with Crippen molar-refractivity contribution in [2.45, 2.75) is 63.9 Å². The van der Waals surface area contributed by atoms with Crippen LogP contribution < -0.4 is 0 Å². The Balaban J connectivity index is 1.44. The number of carbonyl (C=O) groups excluding carboxylic acids is 1. The molecule has 4 aliphatic rings. The van der Waals surface area contributed by atoms with Gasteiger partial charge in [-0.05, 0) is 87.0 Å². The molecular weight excluding hydrogens is 288 g/mol. The third kappa shape index (κ3) is 3.02. The Morgan fingerprint density at radius 1 is 1.00 bits per heavy atom. The molecular formula is C20H30O3. The van der Waals surface area contributed by atoms with Crippen LogP contribution in [0.5, 0.6) is 0 Å². The highest BCUT2D eigenvalue weighted by molar-refractivity contribution is 5.91. The molecule has 0 radical (unpaired) electrons. The van der Waals surface area contributed by atoms with E-state index in [0.717, 1.165) is 42.4 Å². The molecule has 3 heteroatoms. The molecule has 128 valence electrons. The third-order valence-corrected chi connectivity index (χ3v) is 7.19. The first-order chi connectivity index (χ1) is 11.3. The molecule has 4 rings (SSSR count). The van der Waals surface area contributed by atoms with Crippen molar-refractivity contribution < 1.29 is 14.3 Å². The van der Waals surface area contributed by atoms with Crippen LogP contribution in [0.2, 0.25) is 0 Å². The molecule has 0 aromatic heterocycles. The number of rotatable bonds is 3. The van der Waals surface area contributed by atoms with Gasteiger partial charge in [0, 0.05) is 13.5 Å². The number of allylic oxidation sites excluding steroid dienone is 2. The second-order valence-corrected chi connectivity index (χ2v) is 8.21. The number of hydrogen-bond acceptors (Lipinski definition) is 3. The lowest BCUT2D eigenvalue weighted by molar-refractivity contribution is -0.117. The van der Waals surface area contributed by atoms with Gasteiger partial charge < -0.3 is 9.47 Å². The Morgan fingerprint density at radius 3 is 2.74 bits per heavy atom. The molecule has 0 heterocycles. The van der Waals surface area contributed by atoms with E-state index in [2.05, 4.69) is 0 Å². The summed E-state index contributed by atoms with van der Waals surface area (Å²) in [4.78, 5) is 11.7. The van der Waals surface area contributed by atoms with Crippen LogP contribution in [-0.2, 0) is 14.3 Å². The van der Waals surface area contributed by atoms with E-state index in [1.54, 1.807) is 7.11 Å².